The number of nitrogens with zero attached hydrogens (tertiary/aromatic N) is 1. The molecule has 1 atom stereocenters. The smallest absolute Gasteiger partial charge is 0.0419 e. The van der Waals surface area contributed by atoms with E-state index in [0.717, 1.165) is 6.42 Å². The highest BCUT2D eigenvalue weighted by Gasteiger charge is 2.07. The summed E-state index contributed by atoms with van der Waals surface area (Å²) < 4.78 is 0. The van der Waals surface area contributed by atoms with Crippen LogP contribution in [0.4, 0.5) is 0 Å². The minimum absolute atomic E-state index is 0.575. The van der Waals surface area contributed by atoms with Crippen molar-refractivity contribution in [2.24, 2.45) is 0 Å². The van der Waals surface area contributed by atoms with Crippen LogP contribution in [0.15, 0.2) is 24.4 Å². The molecule has 0 spiro atoms. The summed E-state index contributed by atoms with van der Waals surface area (Å²) in [6.07, 6.45) is 11.0. The van der Waals surface area contributed by atoms with Crippen molar-refractivity contribution >= 4 is 0 Å². The molecule has 1 unspecified atom stereocenters. The first-order valence-electron chi connectivity index (χ1n) is 6.94. The van der Waals surface area contributed by atoms with Crippen LogP contribution in [-0.2, 0) is 6.42 Å². The zero-order valence-electron chi connectivity index (χ0n) is 11.3. The molecule has 0 aliphatic heterocycles. The van der Waals surface area contributed by atoms with Gasteiger partial charge < -0.3 is 5.32 Å². The van der Waals surface area contributed by atoms with Gasteiger partial charge in [-0.1, -0.05) is 45.1 Å². The van der Waals surface area contributed by atoms with Crippen LogP contribution in [0, 0.1) is 0 Å². The maximum atomic E-state index is 4.38. The number of rotatable bonds is 9. The van der Waals surface area contributed by atoms with Crippen molar-refractivity contribution in [3.8, 4) is 0 Å². The van der Waals surface area contributed by atoms with Crippen LogP contribution in [0.3, 0.4) is 0 Å². The van der Waals surface area contributed by atoms with Gasteiger partial charge in [-0.2, -0.15) is 0 Å². The molecule has 0 aromatic carbocycles. The Labute approximate surface area is 106 Å². The summed E-state index contributed by atoms with van der Waals surface area (Å²) in [7, 11) is 2.06. The number of nitrogens with one attached hydrogen (secondary N) is 1. The second-order valence-electron chi connectivity index (χ2n) is 4.71. The van der Waals surface area contributed by atoms with Crippen molar-refractivity contribution in [1.82, 2.24) is 10.3 Å². The third-order valence-corrected chi connectivity index (χ3v) is 3.25. The summed E-state index contributed by atoms with van der Waals surface area (Å²) in [5.74, 6) is 0. The Bertz CT molecular complexity index is 272. The quantitative estimate of drug-likeness (QED) is 0.661. The normalized spacial score (nSPS) is 12.6. The minimum atomic E-state index is 0.575. The van der Waals surface area contributed by atoms with Gasteiger partial charge in [-0.05, 0) is 25.6 Å². The lowest BCUT2D eigenvalue weighted by Gasteiger charge is -2.15. The van der Waals surface area contributed by atoms with E-state index in [4.69, 9.17) is 0 Å². The molecule has 0 saturated heterocycles. The Balaban J connectivity index is 2.20. The molecule has 0 saturated carbocycles. The number of aromatic nitrogens is 1. The van der Waals surface area contributed by atoms with Crippen molar-refractivity contribution in [2.75, 3.05) is 7.05 Å². The Kier molecular flexibility index (Phi) is 7.65. The lowest BCUT2D eigenvalue weighted by Crippen LogP contribution is -2.27. The molecular weight excluding hydrogens is 208 g/mol. The minimum Gasteiger partial charge on any atom is -0.317 e. The van der Waals surface area contributed by atoms with Crippen LogP contribution < -0.4 is 5.32 Å². The van der Waals surface area contributed by atoms with Gasteiger partial charge in [0.1, 0.15) is 0 Å². The van der Waals surface area contributed by atoms with E-state index < -0.39 is 0 Å². The largest absolute Gasteiger partial charge is 0.317 e. The van der Waals surface area contributed by atoms with Gasteiger partial charge in [0, 0.05) is 24.4 Å². The van der Waals surface area contributed by atoms with Crippen LogP contribution in [0.2, 0.25) is 0 Å². The molecule has 1 rings (SSSR count). The summed E-state index contributed by atoms with van der Waals surface area (Å²) in [5, 5.41) is 3.40. The van der Waals surface area contributed by atoms with E-state index in [-0.39, 0.29) is 0 Å². The first kappa shape index (κ1) is 14.2. The average Bonchev–Trinajstić information content (AvgIpc) is 2.38. The molecule has 2 nitrogen and oxygen atoms in total. The molecule has 0 radical (unpaired) electrons. The molecule has 2 heteroatoms. The SMILES string of the molecule is CCCCCCCC(Cc1ccccn1)NC. The number of unbranched alkanes of at least 4 members (excludes halogenated alkanes) is 4. The van der Waals surface area contributed by atoms with Gasteiger partial charge in [0.25, 0.3) is 0 Å². The van der Waals surface area contributed by atoms with Gasteiger partial charge in [-0.25, -0.2) is 0 Å². The Morgan fingerprint density at radius 2 is 2.00 bits per heavy atom. The van der Waals surface area contributed by atoms with E-state index in [1.807, 2.05) is 12.3 Å². The second-order valence-corrected chi connectivity index (χ2v) is 4.71. The highest BCUT2D eigenvalue weighted by molar-refractivity contribution is 5.05. The van der Waals surface area contributed by atoms with Crippen molar-refractivity contribution in [1.29, 1.82) is 0 Å². The van der Waals surface area contributed by atoms with E-state index in [1.165, 1.54) is 44.2 Å². The molecule has 1 N–H and O–H groups in total. The van der Waals surface area contributed by atoms with Gasteiger partial charge in [0.2, 0.25) is 0 Å². The average molecular weight is 234 g/mol. The lowest BCUT2D eigenvalue weighted by atomic mass is 10.0. The van der Waals surface area contributed by atoms with Gasteiger partial charge in [0.15, 0.2) is 0 Å². The predicted octanol–water partition coefficient (Wildman–Crippen LogP) is 3.57. The highest BCUT2D eigenvalue weighted by Crippen LogP contribution is 2.10. The Morgan fingerprint density at radius 1 is 1.18 bits per heavy atom. The Morgan fingerprint density at radius 3 is 2.65 bits per heavy atom. The maximum Gasteiger partial charge on any atom is 0.0419 e. The summed E-state index contributed by atoms with van der Waals surface area (Å²) >= 11 is 0. The molecule has 0 fully saturated rings. The third-order valence-electron chi connectivity index (χ3n) is 3.25. The van der Waals surface area contributed by atoms with Gasteiger partial charge in [0.05, 0.1) is 0 Å². The molecule has 1 aromatic heterocycles. The van der Waals surface area contributed by atoms with Gasteiger partial charge >= 0.3 is 0 Å². The third kappa shape index (κ3) is 6.42. The standard InChI is InChI=1S/C15H26N2/c1-3-4-5-6-7-10-14(16-2)13-15-11-8-9-12-17-15/h8-9,11-12,14,16H,3-7,10,13H2,1-2H3. The number of hydrogen-bond acceptors (Lipinski definition) is 2. The fraction of sp³-hybridized carbons (Fsp3) is 0.667. The maximum absolute atomic E-state index is 4.38. The number of pyridine rings is 1. The second kappa shape index (κ2) is 9.17. The van der Waals surface area contributed by atoms with E-state index in [0.29, 0.717) is 6.04 Å². The van der Waals surface area contributed by atoms with E-state index in [2.05, 4.69) is 36.4 Å². The van der Waals surface area contributed by atoms with E-state index >= 15 is 0 Å². The molecular formula is C15H26N2. The van der Waals surface area contributed by atoms with E-state index in [9.17, 15) is 0 Å². The number of likely N-dealkylation sites (N-methyl/N-ethyl adjacent to an activating group) is 1. The summed E-state index contributed by atoms with van der Waals surface area (Å²) in [6.45, 7) is 2.26. The summed E-state index contributed by atoms with van der Waals surface area (Å²) in [4.78, 5) is 4.38. The first-order chi connectivity index (χ1) is 8.36. The van der Waals surface area contributed by atoms with Crippen molar-refractivity contribution < 1.29 is 0 Å². The molecule has 0 bridgehead atoms. The topological polar surface area (TPSA) is 24.9 Å². The monoisotopic (exact) mass is 234 g/mol. The fourth-order valence-electron chi connectivity index (χ4n) is 2.11. The van der Waals surface area contributed by atoms with Crippen LogP contribution in [0.5, 0.6) is 0 Å². The van der Waals surface area contributed by atoms with Crippen LogP contribution >= 0.6 is 0 Å². The van der Waals surface area contributed by atoms with Crippen LogP contribution in [-0.4, -0.2) is 18.1 Å². The van der Waals surface area contributed by atoms with E-state index in [1.54, 1.807) is 0 Å². The first-order valence-corrected chi connectivity index (χ1v) is 6.94. The lowest BCUT2D eigenvalue weighted by molar-refractivity contribution is 0.478. The molecule has 1 aromatic rings. The zero-order valence-corrected chi connectivity index (χ0v) is 11.3. The van der Waals surface area contributed by atoms with Gasteiger partial charge in [-0.15, -0.1) is 0 Å². The Hall–Kier alpha value is -0.890. The molecule has 0 aliphatic rings. The fourth-order valence-corrected chi connectivity index (χ4v) is 2.11. The summed E-state index contributed by atoms with van der Waals surface area (Å²) in [5.41, 5.74) is 1.19. The molecule has 96 valence electrons. The molecule has 0 aliphatic carbocycles. The summed E-state index contributed by atoms with van der Waals surface area (Å²) in [6, 6.07) is 6.73. The number of hydrogen-bond donors (Lipinski definition) is 1. The predicted molar refractivity (Wildman–Crippen MR) is 74.2 cm³/mol. The van der Waals surface area contributed by atoms with Crippen molar-refractivity contribution in [2.45, 2.75) is 57.9 Å². The molecule has 17 heavy (non-hydrogen) atoms. The van der Waals surface area contributed by atoms with Crippen LogP contribution in [0.1, 0.15) is 51.1 Å². The molecule has 0 amide bonds. The van der Waals surface area contributed by atoms with Crippen molar-refractivity contribution in [3.05, 3.63) is 30.1 Å². The van der Waals surface area contributed by atoms with Crippen LogP contribution in [0.25, 0.3) is 0 Å². The molecule has 1 heterocycles. The van der Waals surface area contributed by atoms with Gasteiger partial charge in [-0.3, -0.25) is 4.98 Å². The van der Waals surface area contributed by atoms with Crippen molar-refractivity contribution in [3.63, 3.8) is 0 Å². The zero-order chi connectivity index (χ0) is 12.3. The highest BCUT2D eigenvalue weighted by atomic mass is 14.9.